The van der Waals surface area contributed by atoms with Crippen molar-refractivity contribution in [3.8, 4) is 11.4 Å². The van der Waals surface area contributed by atoms with Crippen LogP contribution in [0.25, 0.3) is 11.4 Å². The van der Waals surface area contributed by atoms with Crippen molar-refractivity contribution in [1.29, 1.82) is 0 Å². The number of rotatable bonds is 6. The van der Waals surface area contributed by atoms with Crippen LogP contribution in [0, 0.1) is 0 Å². The van der Waals surface area contributed by atoms with E-state index in [1.54, 1.807) is 7.11 Å². The number of hydrogen-bond donors (Lipinski definition) is 2. The lowest BCUT2D eigenvalue weighted by Crippen LogP contribution is -2.51. The van der Waals surface area contributed by atoms with Crippen LogP contribution in [-0.4, -0.2) is 63.5 Å². The zero-order chi connectivity index (χ0) is 20.0. The first-order valence-corrected chi connectivity index (χ1v) is 11.5. The van der Waals surface area contributed by atoms with Crippen LogP contribution in [0.5, 0.6) is 0 Å². The fourth-order valence-electron chi connectivity index (χ4n) is 4.21. The molecule has 1 saturated carbocycles. The molecule has 0 unspecified atom stereocenters. The second-order valence-electron chi connectivity index (χ2n) is 8.20. The van der Waals surface area contributed by atoms with E-state index in [-0.39, 0.29) is 12.1 Å². The quantitative estimate of drug-likeness (QED) is 0.747. The Morgan fingerprint density at radius 1 is 1.28 bits per heavy atom. The number of aryl methyl sites for hydroxylation is 1. The molecule has 154 valence electrons. The van der Waals surface area contributed by atoms with Crippen molar-refractivity contribution >= 4 is 22.3 Å². The number of aliphatic hydroxyl groups is 1. The first-order chi connectivity index (χ1) is 14.1. The molecule has 1 atom stereocenters. The van der Waals surface area contributed by atoms with Gasteiger partial charge in [-0.3, -0.25) is 4.21 Å². The summed E-state index contributed by atoms with van der Waals surface area (Å²) in [6, 6.07) is 8.25. The molecule has 3 aliphatic rings. The second kappa shape index (κ2) is 7.34. The van der Waals surface area contributed by atoms with E-state index in [4.69, 9.17) is 14.7 Å². The van der Waals surface area contributed by atoms with Gasteiger partial charge >= 0.3 is 0 Å². The Labute approximate surface area is 173 Å². The van der Waals surface area contributed by atoms with Crippen LogP contribution in [0.2, 0.25) is 0 Å². The number of aliphatic hydroxyl groups excluding tert-OH is 1. The molecule has 2 aliphatic heterocycles. The summed E-state index contributed by atoms with van der Waals surface area (Å²) < 4.78 is 17.9. The van der Waals surface area contributed by atoms with E-state index < -0.39 is 10.8 Å². The fourth-order valence-corrected chi connectivity index (χ4v) is 5.51. The molecule has 1 aliphatic carbocycles. The van der Waals surface area contributed by atoms with Crippen LogP contribution in [0.15, 0.2) is 29.2 Å². The molecule has 7 nitrogen and oxygen atoms in total. The minimum Gasteiger partial charge on any atom is -0.394 e. The predicted octanol–water partition coefficient (Wildman–Crippen LogP) is 1.97. The lowest BCUT2D eigenvalue weighted by atomic mass is 9.77. The van der Waals surface area contributed by atoms with Crippen molar-refractivity contribution in [3.05, 3.63) is 30.0 Å². The zero-order valence-corrected chi connectivity index (χ0v) is 17.4. The molecule has 0 amide bonds. The topological polar surface area (TPSA) is 87.6 Å². The minimum atomic E-state index is -1.08. The largest absolute Gasteiger partial charge is 0.394 e. The Kier molecular flexibility index (Phi) is 4.80. The lowest BCUT2D eigenvalue weighted by Gasteiger charge is -2.41. The van der Waals surface area contributed by atoms with Gasteiger partial charge in [-0.25, -0.2) is 9.97 Å². The van der Waals surface area contributed by atoms with Gasteiger partial charge in [-0.1, -0.05) is 0 Å². The number of nitrogens with zero attached hydrogens (tertiary/aromatic N) is 3. The molecule has 2 N–H and O–H groups in total. The van der Waals surface area contributed by atoms with Crippen LogP contribution >= 0.6 is 0 Å². The second-order valence-corrected chi connectivity index (χ2v) is 9.71. The smallest absolute Gasteiger partial charge is 0.161 e. The molecule has 2 aromatic rings. The Balaban J connectivity index is 1.45. The van der Waals surface area contributed by atoms with Crippen LogP contribution < -0.4 is 10.2 Å². The normalized spacial score (nSPS) is 22.7. The Morgan fingerprint density at radius 3 is 2.66 bits per heavy atom. The van der Waals surface area contributed by atoms with Crippen molar-refractivity contribution < 1.29 is 14.1 Å². The molecule has 0 spiro atoms. The highest BCUT2D eigenvalue weighted by atomic mass is 32.2. The molecule has 1 saturated heterocycles. The summed E-state index contributed by atoms with van der Waals surface area (Å²) in [6.45, 7) is 1.88. The standard InChI is InChI=1S/C21H26N4O3S/c1-28-16-11-25(12-16)15-5-3-14(4-6-15)19-22-17-7-10-29(27)18(17)20(23-19)24-21(13-26)8-2-9-21/h3-6,16,26H,2,7-13H2,1H3,(H,22,23,24)/t29-/m1/s1. The minimum absolute atomic E-state index is 0.0563. The zero-order valence-electron chi connectivity index (χ0n) is 16.6. The van der Waals surface area contributed by atoms with Gasteiger partial charge < -0.3 is 20.1 Å². The van der Waals surface area contributed by atoms with Gasteiger partial charge in [0.15, 0.2) is 5.82 Å². The van der Waals surface area contributed by atoms with Crippen LogP contribution in [0.4, 0.5) is 11.5 Å². The highest BCUT2D eigenvalue weighted by molar-refractivity contribution is 7.85. The summed E-state index contributed by atoms with van der Waals surface area (Å²) in [6.07, 6.45) is 3.89. The number of hydrogen-bond acceptors (Lipinski definition) is 7. The maximum Gasteiger partial charge on any atom is 0.161 e. The summed E-state index contributed by atoms with van der Waals surface area (Å²) in [4.78, 5) is 12.5. The summed E-state index contributed by atoms with van der Waals surface area (Å²) in [5, 5.41) is 13.3. The number of fused-ring (bicyclic) bond motifs is 1. The highest BCUT2D eigenvalue weighted by Crippen LogP contribution is 2.38. The Bertz CT molecular complexity index is 934. The van der Waals surface area contributed by atoms with E-state index in [0.717, 1.165) is 54.2 Å². The van der Waals surface area contributed by atoms with Gasteiger partial charge in [0.05, 0.1) is 34.7 Å². The molecular weight excluding hydrogens is 388 g/mol. The molecule has 1 aromatic heterocycles. The summed E-state index contributed by atoms with van der Waals surface area (Å²) in [7, 11) is 0.665. The lowest BCUT2D eigenvalue weighted by molar-refractivity contribution is 0.0788. The predicted molar refractivity (Wildman–Crippen MR) is 113 cm³/mol. The van der Waals surface area contributed by atoms with Gasteiger partial charge in [0.25, 0.3) is 0 Å². The fraction of sp³-hybridized carbons (Fsp3) is 0.524. The molecule has 0 radical (unpaired) electrons. The van der Waals surface area contributed by atoms with Gasteiger partial charge in [-0.2, -0.15) is 0 Å². The van der Waals surface area contributed by atoms with E-state index >= 15 is 0 Å². The maximum absolute atomic E-state index is 12.5. The molecule has 1 aromatic carbocycles. The summed E-state index contributed by atoms with van der Waals surface area (Å²) in [5.41, 5.74) is 2.62. The molecule has 3 heterocycles. The number of methoxy groups -OCH3 is 1. The van der Waals surface area contributed by atoms with Crippen LogP contribution in [0.3, 0.4) is 0 Å². The third kappa shape index (κ3) is 3.33. The van der Waals surface area contributed by atoms with Gasteiger partial charge in [0.2, 0.25) is 0 Å². The van der Waals surface area contributed by atoms with Gasteiger partial charge in [-0.05, 0) is 43.5 Å². The SMILES string of the molecule is COC1CN(c2ccc(-c3nc4c(c(NC5(CO)CCC5)n3)[S@](=O)CC4)cc2)C1. The molecule has 2 fully saturated rings. The molecule has 0 bridgehead atoms. The highest BCUT2D eigenvalue weighted by Gasteiger charge is 2.38. The van der Waals surface area contributed by atoms with E-state index in [2.05, 4.69) is 22.3 Å². The summed E-state index contributed by atoms with van der Waals surface area (Å²) in [5.74, 6) is 1.86. The molecular formula is C21H26N4O3S. The number of benzene rings is 1. The summed E-state index contributed by atoms with van der Waals surface area (Å²) >= 11 is 0. The Morgan fingerprint density at radius 2 is 2.03 bits per heavy atom. The first kappa shape index (κ1) is 19.0. The van der Waals surface area contributed by atoms with Crippen molar-refractivity contribution in [1.82, 2.24) is 9.97 Å². The number of aromatic nitrogens is 2. The average Bonchev–Trinajstić information content (AvgIpc) is 3.05. The van der Waals surface area contributed by atoms with Gasteiger partial charge in [0, 0.05) is 43.6 Å². The maximum atomic E-state index is 12.5. The Hall–Kier alpha value is -2.03. The van der Waals surface area contributed by atoms with Gasteiger partial charge in [-0.15, -0.1) is 0 Å². The first-order valence-electron chi connectivity index (χ1n) is 10.2. The van der Waals surface area contributed by atoms with E-state index in [1.165, 1.54) is 0 Å². The van der Waals surface area contributed by atoms with E-state index in [9.17, 15) is 9.32 Å². The molecule has 8 heteroatoms. The third-order valence-corrected chi connectivity index (χ3v) is 7.82. The number of anilines is 2. The van der Waals surface area contributed by atoms with Crippen molar-refractivity contribution in [2.75, 3.05) is 42.8 Å². The number of nitrogens with one attached hydrogen (secondary N) is 1. The number of ether oxygens (including phenoxy) is 1. The monoisotopic (exact) mass is 414 g/mol. The van der Waals surface area contributed by atoms with Crippen molar-refractivity contribution in [2.45, 2.75) is 42.2 Å². The van der Waals surface area contributed by atoms with E-state index in [0.29, 0.717) is 29.9 Å². The third-order valence-electron chi connectivity index (χ3n) is 6.36. The van der Waals surface area contributed by atoms with Crippen LogP contribution in [0.1, 0.15) is 25.0 Å². The average molecular weight is 415 g/mol. The van der Waals surface area contributed by atoms with Crippen molar-refractivity contribution in [2.24, 2.45) is 0 Å². The molecule has 29 heavy (non-hydrogen) atoms. The van der Waals surface area contributed by atoms with Crippen molar-refractivity contribution in [3.63, 3.8) is 0 Å². The molecule has 5 rings (SSSR count). The van der Waals surface area contributed by atoms with E-state index in [1.807, 2.05) is 12.1 Å². The van der Waals surface area contributed by atoms with Gasteiger partial charge in [0.1, 0.15) is 10.7 Å². The van der Waals surface area contributed by atoms with Crippen LogP contribution in [-0.2, 0) is 22.0 Å².